The van der Waals surface area contributed by atoms with Gasteiger partial charge in [0.2, 0.25) is 0 Å². The van der Waals surface area contributed by atoms with Crippen LogP contribution in [0.4, 0.5) is 0 Å². The van der Waals surface area contributed by atoms with Crippen molar-refractivity contribution in [2.75, 3.05) is 20.3 Å². The van der Waals surface area contributed by atoms with Crippen LogP contribution in [0.5, 0.6) is 0 Å². The fraction of sp³-hybridized carbons (Fsp3) is 1.00. The molecule has 0 aromatic carbocycles. The summed E-state index contributed by atoms with van der Waals surface area (Å²) in [5.41, 5.74) is 0.205. The van der Waals surface area contributed by atoms with E-state index in [-0.39, 0.29) is 11.9 Å². The Kier molecular flexibility index (Phi) is 2.58. The van der Waals surface area contributed by atoms with E-state index >= 15 is 0 Å². The molecule has 76 valence electrons. The summed E-state index contributed by atoms with van der Waals surface area (Å²) in [6, 6.07) is 0. The molecule has 2 unspecified atom stereocenters. The third-order valence-electron chi connectivity index (χ3n) is 3.16. The van der Waals surface area contributed by atoms with Crippen LogP contribution in [0, 0.1) is 5.92 Å². The van der Waals surface area contributed by atoms with Crippen molar-refractivity contribution in [2.24, 2.45) is 5.92 Å². The van der Waals surface area contributed by atoms with Crippen LogP contribution in [-0.2, 0) is 14.2 Å². The molecular weight excluding hydrogens is 168 g/mol. The van der Waals surface area contributed by atoms with Crippen LogP contribution in [0.3, 0.4) is 0 Å². The van der Waals surface area contributed by atoms with Gasteiger partial charge in [0.05, 0.1) is 18.8 Å². The smallest absolute Gasteiger partial charge is 0.157 e. The Hall–Kier alpha value is -0.120. The predicted octanol–water partition coefficient (Wildman–Crippen LogP) is 1.56. The first-order valence-electron chi connectivity index (χ1n) is 5.06. The van der Waals surface area contributed by atoms with Gasteiger partial charge in [0.1, 0.15) is 0 Å². The number of methoxy groups -OCH3 is 1. The maximum absolute atomic E-state index is 5.48. The zero-order valence-corrected chi connectivity index (χ0v) is 8.41. The fourth-order valence-electron chi connectivity index (χ4n) is 2.05. The molecule has 2 rings (SSSR count). The first-order chi connectivity index (χ1) is 6.28. The highest BCUT2D eigenvalue weighted by Crippen LogP contribution is 2.40. The van der Waals surface area contributed by atoms with E-state index in [0.717, 1.165) is 32.5 Å². The normalized spacial score (nSPS) is 43.8. The predicted molar refractivity (Wildman–Crippen MR) is 48.4 cm³/mol. The molecule has 0 saturated carbocycles. The van der Waals surface area contributed by atoms with Crippen LogP contribution in [0.2, 0.25) is 0 Å². The number of hydrogen-bond acceptors (Lipinski definition) is 3. The molecule has 2 heterocycles. The molecule has 0 bridgehead atoms. The molecule has 3 heteroatoms. The third-order valence-corrected chi connectivity index (χ3v) is 3.16. The summed E-state index contributed by atoms with van der Waals surface area (Å²) in [6.45, 7) is 3.97. The number of rotatable bonds is 4. The number of ether oxygens (including phenoxy) is 3. The maximum atomic E-state index is 5.48. The third kappa shape index (κ3) is 2.03. The molecular formula is C10H18O3. The van der Waals surface area contributed by atoms with E-state index in [4.69, 9.17) is 14.2 Å². The summed E-state index contributed by atoms with van der Waals surface area (Å²) >= 11 is 0. The first kappa shape index (κ1) is 9.44. The number of epoxide rings is 1. The molecule has 2 saturated heterocycles. The van der Waals surface area contributed by atoms with Crippen molar-refractivity contribution >= 4 is 0 Å². The summed E-state index contributed by atoms with van der Waals surface area (Å²) in [6.07, 6.45) is 3.32. The van der Waals surface area contributed by atoms with Crippen molar-refractivity contribution in [3.63, 3.8) is 0 Å². The molecule has 0 aromatic rings. The Morgan fingerprint density at radius 1 is 1.54 bits per heavy atom. The van der Waals surface area contributed by atoms with E-state index in [1.54, 1.807) is 7.11 Å². The van der Waals surface area contributed by atoms with Crippen molar-refractivity contribution in [1.82, 2.24) is 0 Å². The van der Waals surface area contributed by atoms with E-state index in [1.807, 2.05) is 0 Å². The fourth-order valence-corrected chi connectivity index (χ4v) is 2.05. The molecule has 0 aliphatic carbocycles. The minimum absolute atomic E-state index is 0.0256. The van der Waals surface area contributed by atoms with E-state index in [2.05, 4.69) is 6.92 Å². The minimum atomic E-state index is 0.0256. The lowest BCUT2D eigenvalue weighted by Gasteiger charge is -2.13. The van der Waals surface area contributed by atoms with Crippen molar-refractivity contribution in [3.05, 3.63) is 0 Å². The molecule has 2 fully saturated rings. The summed E-state index contributed by atoms with van der Waals surface area (Å²) < 4.78 is 16.1. The Bertz CT molecular complexity index is 177. The van der Waals surface area contributed by atoms with Crippen molar-refractivity contribution in [2.45, 2.75) is 38.1 Å². The molecule has 0 amide bonds. The topological polar surface area (TPSA) is 31.0 Å². The van der Waals surface area contributed by atoms with Gasteiger partial charge in [-0.2, -0.15) is 0 Å². The molecule has 0 N–H and O–H groups in total. The molecule has 13 heavy (non-hydrogen) atoms. The van der Waals surface area contributed by atoms with Gasteiger partial charge in [0, 0.05) is 13.5 Å². The van der Waals surface area contributed by atoms with Gasteiger partial charge in [0.25, 0.3) is 0 Å². The Labute approximate surface area is 79.4 Å². The second-order valence-electron chi connectivity index (χ2n) is 4.13. The lowest BCUT2D eigenvalue weighted by Crippen LogP contribution is -2.16. The Balaban J connectivity index is 1.77. The first-order valence-corrected chi connectivity index (χ1v) is 5.06. The van der Waals surface area contributed by atoms with E-state index in [0.29, 0.717) is 5.92 Å². The molecule has 3 nitrogen and oxygen atoms in total. The highest BCUT2D eigenvalue weighted by molar-refractivity contribution is 4.93. The van der Waals surface area contributed by atoms with E-state index in [9.17, 15) is 0 Å². The molecule has 0 aromatic heterocycles. The van der Waals surface area contributed by atoms with Crippen LogP contribution in [-0.4, -0.2) is 32.2 Å². The van der Waals surface area contributed by atoms with Gasteiger partial charge in [-0.15, -0.1) is 0 Å². The standard InChI is InChI=1S/C10H18O3/c1-3-10(7-13-10)5-8-4-9(11-2)12-6-8/h8-9H,3-7H2,1-2H3/t8-,9?,10?/m1/s1. The number of hydrogen-bond donors (Lipinski definition) is 0. The molecule has 3 atom stereocenters. The molecule has 0 spiro atoms. The van der Waals surface area contributed by atoms with Gasteiger partial charge >= 0.3 is 0 Å². The van der Waals surface area contributed by atoms with Gasteiger partial charge < -0.3 is 14.2 Å². The summed E-state index contributed by atoms with van der Waals surface area (Å²) in [5.74, 6) is 0.632. The van der Waals surface area contributed by atoms with E-state index < -0.39 is 0 Å². The Morgan fingerprint density at radius 2 is 2.31 bits per heavy atom. The van der Waals surface area contributed by atoms with Gasteiger partial charge in [-0.1, -0.05) is 6.92 Å². The van der Waals surface area contributed by atoms with Crippen LogP contribution < -0.4 is 0 Å². The molecule has 0 radical (unpaired) electrons. The highest BCUT2D eigenvalue weighted by Gasteiger charge is 2.45. The summed E-state index contributed by atoms with van der Waals surface area (Å²) in [7, 11) is 1.70. The Morgan fingerprint density at radius 3 is 2.77 bits per heavy atom. The lowest BCUT2D eigenvalue weighted by atomic mass is 9.92. The van der Waals surface area contributed by atoms with Gasteiger partial charge in [-0.25, -0.2) is 0 Å². The van der Waals surface area contributed by atoms with Gasteiger partial charge in [-0.05, 0) is 18.8 Å². The quantitative estimate of drug-likeness (QED) is 0.624. The van der Waals surface area contributed by atoms with Crippen LogP contribution in [0.1, 0.15) is 26.2 Å². The minimum Gasteiger partial charge on any atom is -0.370 e. The monoisotopic (exact) mass is 186 g/mol. The van der Waals surface area contributed by atoms with Crippen molar-refractivity contribution < 1.29 is 14.2 Å². The van der Waals surface area contributed by atoms with Crippen molar-refractivity contribution in [1.29, 1.82) is 0 Å². The summed E-state index contributed by atoms with van der Waals surface area (Å²) in [5, 5.41) is 0. The highest BCUT2D eigenvalue weighted by atomic mass is 16.7. The lowest BCUT2D eigenvalue weighted by molar-refractivity contribution is -0.0881. The van der Waals surface area contributed by atoms with Crippen LogP contribution >= 0.6 is 0 Å². The molecule has 2 aliphatic rings. The largest absolute Gasteiger partial charge is 0.370 e. The zero-order chi connectivity index (χ0) is 9.31. The average Bonchev–Trinajstić information content (AvgIpc) is 2.77. The van der Waals surface area contributed by atoms with Crippen molar-refractivity contribution in [3.8, 4) is 0 Å². The maximum Gasteiger partial charge on any atom is 0.157 e. The van der Waals surface area contributed by atoms with Crippen LogP contribution in [0.15, 0.2) is 0 Å². The summed E-state index contributed by atoms with van der Waals surface area (Å²) in [4.78, 5) is 0. The van der Waals surface area contributed by atoms with E-state index in [1.165, 1.54) is 0 Å². The zero-order valence-electron chi connectivity index (χ0n) is 8.41. The second-order valence-corrected chi connectivity index (χ2v) is 4.13. The second kappa shape index (κ2) is 3.56. The van der Waals surface area contributed by atoms with Gasteiger partial charge in [-0.3, -0.25) is 0 Å². The average molecular weight is 186 g/mol. The van der Waals surface area contributed by atoms with Gasteiger partial charge in [0.15, 0.2) is 6.29 Å². The van der Waals surface area contributed by atoms with Crippen LogP contribution in [0.25, 0.3) is 0 Å². The SMILES string of the molecule is CCC1(C[C@@H]2COC(OC)C2)CO1. The molecule has 2 aliphatic heterocycles.